The lowest BCUT2D eigenvalue weighted by Crippen LogP contribution is -2.34. The average Bonchev–Trinajstić information content (AvgIpc) is 2.73. The van der Waals surface area contributed by atoms with Crippen LogP contribution in [0.5, 0.6) is 11.5 Å². The number of carbonyl (C=O) groups is 2. The molecule has 2 aromatic rings. The molecule has 0 aliphatic carbocycles. The van der Waals surface area contributed by atoms with E-state index in [0.717, 1.165) is 0 Å². The van der Waals surface area contributed by atoms with Gasteiger partial charge in [0.1, 0.15) is 11.5 Å². The first-order valence-electron chi connectivity index (χ1n) is 9.53. The molecule has 6 nitrogen and oxygen atoms in total. The van der Waals surface area contributed by atoms with E-state index >= 15 is 0 Å². The second-order valence-electron chi connectivity index (χ2n) is 6.20. The Balaban J connectivity index is 2.14. The minimum atomic E-state index is -0.676. The van der Waals surface area contributed by atoms with Gasteiger partial charge in [0.15, 0.2) is 6.10 Å². The predicted octanol–water partition coefficient (Wildman–Crippen LogP) is 3.97. The van der Waals surface area contributed by atoms with Crippen LogP contribution in [0.4, 0.5) is 5.69 Å². The molecule has 1 atom stereocenters. The van der Waals surface area contributed by atoms with Crippen LogP contribution in [0.2, 0.25) is 0 Å². The standard InChI is InChI=1S/C22H28N2O4/c1-5-20(28-17-14-12-16(27-4)13-15-17)21(25)23-19-11-9-8-10-18(19)22(26)24(6-2)7-3/h8-15,20H,5-7H2,1-4H3,(H,23,25)/t20-/m1/s1. The Morgan fingerprint density at radius 1 is 0.964 bits per heavy atom. The number of nitrogens with one attached hydrogen (secondary N) is 1. The fourth-order valence-electron chi connectivity index (χ4n) is 2.81. The maximum atomic E-state index is 12.8. The highest BCUT2D eigenvalue weighted by Gasteiger charge is 2.22. The van der Waals surface area contributed by atoms with Crippen LogP contribution in [0.1, 0.15) is 37.6 Å². The topological polar surface area (TPSA) is 67.9 Å². The van der Waals surface area contributed by atoms with Crippen LogP contribution in [0.15, 0.2) is 48.5 Å². The van der Waals surface area contributed by atoms with Gasteiger partial charge in [-0.15, -0.1) is 0 Å². The van der Waals surface area contributed by atoms with E-state index in [0.29, 0.717) is 42.3 Å². The highest BCUT2D eigenvalue weighted by atomic mass is 16.5. The number of anilines is 1. The summed E-state index contributed by atoms with van der Waals surface area (Å²) in [6, 6.07) is 14.1. The molecule has 0 saturated carbocycles. The number of hydrogen-bond donors (Lipinski definition) is 1. The third-order valence-electron chi connectivity index (χ3n) is 4.47. The number of ether oxygens (including phenoxy) is 2. The third kappa shape index (κ3) is 5.25. The molecule has 1 N–H and O–H groups in total. The van der Waals surface area contributed by atoms with Crippen LogP contribution in [0.25, 0.3) is 0 Å². The number of hydrogen-bond acceptors (Lipinski definition) is 4. The summed E-state index contributed by atoms with van der Waals surface area (Å²) in [7, 11) is 1.59. The molecule has 0 fully saturated rings. The van der Waals surface area contributed by atoms with E-state index in [2.05, 4.69) is 5.32 Å². The van der Waals surface area contributed by atoms with Crippen molar-refractivity contribution in [3.8, 4) is 11.5 Å². The normalized spacial score (nSPS) is 11.4. The van der Waals surface area contributed by atoms with E-state index < -0.39 is 6.10 Å². The Labute approximate surface area is 166 Å². The van der Waals surface area contributed by atoms with Crippen molar-refractivity contribution >= 4 is 17.5 Å². The van der Waals surface area contributed by atoms with Crippen LogP contribution < -0.4 is 14.8 Å². The van der Waals surface area contributed by atoms with Gasteiger partial charge in [0.05, 0.1) is 18.4 Å². The zero-order valence-corrected chi connectivity index (χ0v) is 16.9. The van der Waals surface area contributed by atoms with Crippen LogP contribution in [0.3, 0.4) is 0 Å². The van der Waals surface area contributed by atoms with Gasteiger partial charge in [-0.2, -0.15) is 0 Å². The highest BCUT2D eigenvalue weighted by molar-refractivity contribution is 6.04. The molecule has 28 heavy (non-hydrogen) atoms. The first kappa shape index (κ1) is 21.3. The van der Waals surface area contributed by atoms with Gasteiger partial charge >= 0.3 is 0 Å². The zero-order chi connectivity index (χ0) is 20.5. The number of amides is 2. The molecule has 0 aliphatic rings. The van der Waals surface area contributed by atoms with Gasteiger partial charge in [0.2, 0.25) is 0 Å². The molecular weight excluding hydrogens is 356 g/mol. The largest absolute Gasteiger partial charge is 0.497 e. The monoisotopic (exact) mass is 384 g/mol. The summed E-state index contributed by atoms with van der Waals surface area (Å²) in [6.45, 7) is 6.95. The summed E-state index contributed by atoms with van der Waals surface area (Å²) in [6.07, 6.45) is -0.186. The summed E-state index contributed by atoms with van der Waals surface area (Å²) in [5.41, 5.74) is 0.958. The second kappa shape index (κ2) is 10.3. The zero-order valence-electron chi connectivity index (χ0n) is 16.9. The average molecular weight is 384 g/mol. The fraction of sp³-hybridized carbons (Fsp3) is 0.364. The predicted molar refractivity (Wildman–Crippen MR) is 110 cm³/mol. The molecule has 150 valence electrons. The Morgan fingerprint density at radius 2 is 1.57 bits per heavy atom. The number of para-hydroxylation sites is 1. The van der Waals surface area contributed by atoms with E-state index in [1.54, 1.807) is 60.5 Å². The summed E-state index contributed by atoms with van der Waals surface area (Å²) in [4.78, 5) is 27.2. The van der Waals surface area contributed by atoms with Gasteiger partial charge in [0, 0.05) is 13.1 Å². The first-order valence-corrected chi connectivity index (χ1v) is 9.53. The summed E-state index contributed by atoms with van der Waals surface area (Å²) in [5.74, 6) is 0.895. The van der Waals surface area contributed by atoms with Gasteiger partial charge < -0.3 is 19.7 Å². The lowest BCUT2D eigenvalue weighted by Gasteiger charge is -2.22. The van der Waals surface area contributed by atoms with Crippen molar-refractivity contribution in [1.29, 1.82) is 0 Å². The third-order valence-corrected chi connectivity index (χ3v) is 4.47. The molecule has 0 aliphatic heterocycles. The first-order chi connectivity index (χ1) is 13.5. The number of carbonyl (C=O) groups excluding carboxylic acids is 2. The van der Waals surface area contributed by atoms with E-state index in [-0.39, 0.29) is 11.8 Å². The molecule has 0 unspecified atom stereocenters. The van der Waals surface area contributed by atoms with Crippen molar-refractivity contribution in [3.63, 3.8) is 0 Å². The number of methoxy groups -OCH3 is 1. The smallest absolute Gasteiger partial charge is 0.265 e. The van der Waals surface area contributed by atoms with E-state index in [1.807, 2.05) is 20.8 Å². The summed E-state index contributed by atoms with van der Waals surface area (Å²) in [5, 5.41) is 2.85. The molecule has 0 radical (unpaired) electrons. The van der Waals surface area contributed by atoms with Crippen molar-refractivity contribution in [2.75, 3.05) is 25.5 Å². The molecule has 0 aromatic heterocycles. The van der Waals surface area contributed by atoms with Crippen molar-refractivity contribution in [3.05, 3.63) is 54.1 Å². The van der Waals surface area contributed by atoms with Gasteiger partial charge in [-0.05, 0) is 56.7 Å². The van der Waals surface area contributed by atoms with Gasteiger partial charge in [0.25, 0.3) is 11.8 Å². The lowest BCUT2D eigenvalue weighted by molar-refractivity contribution is -0.122. The number of benzene rings is 2. The Morgan fingerprint density at radius 3 is 2.14 bits per heavy atom. The van der Waals surface area contributed by atoms with Crippen molar-refractivity contribution in [2.24, 2.45) is 0 Å². The number of nitrogens with zero attached hydrogens (tertiary/aromatic N) is 1. The van der Waals surface area contributed by atoms with Crippen molar-refractivity contribution < 1.29 is 19.1 Å². The fourth-order valence-corrected chi connectivity index (χ4v) is 2.81. The minimum absolute atomic E-state index is 0.106. The maximum Gasteiger partial charge on any atom is 0.265 e. The van der Waals surface area contributed by atoms with Gasteiger partial charge in [-0.3, -0.25) is 9.59 Å². The SMILES string of the molecule is CC[C@@H](Oc1ccc(OC)cc1)C(=O)Nc1ccccc1C(=O)N(CC)CC. The molecule has 6 heteroatoms. The Hall–Kier alpha value is -3.02. The quantitative estimate of drug-likeness (QED) is 0.710. The molecular formula is C22H28N2O4. The summed E-state index contributed by atoms with van der Waals surface area (Å²) >= 11 is 0. The Bertz CT molecular complexity index is 785. The molecule has 2 rings (SSSR count). The molecule has 0 saturated heterocycles. The van der Waals surface area contributed by atoms with Crippen LogP contribution >= 0.6 is 0 Å². The molecule has 0 heterocycles. The van der Waals surface area contributed by atoms with E-state index in [1.165, 1.54) is 0 Å². The molecule has 0 bridgehead atoms. The molecule has 2 aromatic carbocycles. The van der Waals surface area contributed by atoms with Crippen LogP contribution in [0, 0.1) is 0 Å². The van der Waals surface area contributed by atoms with Crippen LogP contribution in [-0.2, 0) is 4.79 Å². The van der Waals surface area contributed by atoms with Gasteiger partial charge in [-0.25, -0.2) is 0 Å². The van der Waals surface area contributed by atoms with E-state index in [9.17, 15) is 9.59 Å². The van der Waals surface area contributed by atoms with Gasteiger partial charge in [-0.1, -0.05) is 19.1 Å². The maximum absolute atomic E-state index is 12.8. The summed E-state index contributed by atoms with van der Waals surface area (Å²) < 4.78 is 11.0. The lowest BCUT2D eigenvalue weighted by atomic mass is 10.1. The minimum Gasteiger partial charge on any atom is -0.497 e. The number of rotatable bonds is 9. The highest BCUT2D eigenvalue weighted by Crippen LogP contribution is 2.21. The van der Waals surface area contributed by atoms with E-state index in [4.69, 9.17) is 9.47 Å². The van der Waals surface area contributed by atoms with Crippen LogP contribution in [-0.4, -0.2) is 43.0 Å². The second-order valence-corrected chi connectivity index (χ2v) is 6.20. The molecule has 2 amide bonds. The Kier molecular flexibility index (Phi) is 7.87. The van der Waals surface area contributed by atoms with Crippen molar-refractivity contribution in [1.82, 2.24) is 4.90 Å². The molecule has 0 spiro atoms. The van der Waals surface area contributed by atoms with Crippen molar-refractivity contribution in [2.45, 2.75) is 33.3 Å².